The van der Waals surface area contributed by atoms with Gasteiger partial charge in [0.15, 0.2) is 0 Å². The highest BCUT2D eigenvalue weighted by atomic mass is 35.5. The molecule has 2 heteroatoms. The Bertz CT molecular complexity index is 384. The highest BCUT2D eigenvalue weighted by Crippen LogP contribution is 2.19. The molecule has 1 N–H and O–H groups in total. The van der Waals surface area contributed by atoms with Crippen LogP contribution in [0.1, 0.15) is 43.2 Å². The molecule has 2 rings (SSSR count). The van der Waals surface area contributed by atoms with Gasteiger partial charge in [-0.05, 0) is 56.7 Å². The molecule has 0 saturated heterocycles. The number of rotatable bonds is 5. The molecule has 0 saturated carbocycles. The van der Waals surface area contributed by atoms with E-state index >= 15 is 0 Å². The van der Waals surface area contributed by atoms with Gasteiger partial charge in [0.25, 0.3) is 0 Å². The van der Waals surface area contributed by atoms with Crippen molar-refractivity contribution in [1.29, 1.82) is 0 Å². The predicted molar refractivity (Wildman–Crippen MR) is 81.3 cm³/mol. The minimum atomic E-state index is 0. The summed E-state index contributed by atoms with van der Waals surface area (Å²) in [6.07, 6.45) is 9.08. The summed E-state index contributed by atoms with van der Waals surface area (Å²) in [6.45, 7) is 4.29. The van der Waals surface area contributed by atoms with Gasteiger partial charge in [0.2, 0.25) is 0 Å². The van der Waals surface area contributed by atoms with Gasteiger partial charge >= 0.3 is 0 Å². The lowest BCUT2D eigenvalue weighted by atomic mass is 9.97. The first-order chi connectivity index (χ1) is 8.36. The number of allylic oxidation sites excluding steroid dienone is 1. The third-order valence-corrected chi connectivity index (χ3v) is 3.58. The standard InChI is InChI=1S/C16H23N.ClH/c1-14-7-5-6-10-16(14)13-17-12-11-15-8-3-2-4-9-15;/h5-8,10,17H,2-4,9,11-13H2,1H3;1H. The van der Waals surface area contributed by atoms with Crippen molar-refractivity contribution in [1.82, 2.24) is 5.32 Å². The molecule has 0 bridgehead atoms. The topological polar surface area (TPSA) is 12.0 Å². The van der Waals surface area contributed by atoms with Crippen molar-refractivity contribution < 1.29 is 0 Å². The minimum Gasteiger partial charge on any atom is -0.312 e. The maximum absolute atomic E-state index is 3.55. The molecule has 1 aromatic rings. The van der Waals surface area contributed by atoms with Crippen molar-refractivity contribution >= 4 is 12.4 Å². The molecular weight excluding hydrogens is 242 g/mol. The molecule has 100 valence electrons. The Morgan fingerprint density at radius 1 is 1.17 bits per heavy atom. The Balaban J connectivity index is 0.00000162. The molecule has 1 nitrogen and oxygen atoms in total. The largest absolute Gasteiger partial charge is 0.312 e. The summed E-state index contributed by atoms with van der Waals surface area (Å²) < 4.78 is 0. The average Bonchev–Trinajstić information content (AvgIpc) is 2.38. The first-order valence-corrected chi connectivity index (χ1v) is 6.79. The summed E-state index contributed by atoms with van der Waals surface area (Å²) in [4.78, 5) is 0. The van der Waals surface area contributed by atoms with Gasteiger partial charge in [0.1, 0.15) is 0 Å². The zero-order chi connectivity index (χ0) is 11.9. The van der Waals surface area contributed by atoms with Crippen LogP contribution in [0.5, 0.6) is 0 Å². The lowest BCUT2D eigenvalue weighted by molar-refractivity contribution is 0.631. The molecule has 1 aliphatic rings. The fourth-order valence-electron chi connectivity index (χ4n) is 2.41. The molecular formula is C16H24ClN. The third kappa shape index (κ3) is 4.83. The van der Waals surface area contributed by atoms with E-state index in [0.29, 0.717) is 0 Å². The predicted octanol–water partition coefficient (Wildman–Crippen LogP) is 4.40. The fraction of sp³-hybridized carbons (Fsp3) is 0.500. The molecule has 0 radical (unpaired) electrons. The monoisotopic (exact) mass is 265 g/mol. The second-order valence-electron chi connectivity index (χ2n) is 4.96. The van der Waals surface area contributed by atoms with Crippen molar-refractivity contribution in [2.24, 2.45) is 0 Å². The molecule has 0 atom stereocenters. The zero-order valence-electron chi connectivity index (χ0n) is 11.2. The number of hydrogen-bond acceptors (Lipinski definition) is 1. The van der Waals surface area contributed by atoms with Crippen molar-refractivity contribution in [2.45, 2.75) is 45.6 Å². The average molecular weight is 266 g/mol. The van der Waals surface area contributed by atoms with E-state index in [2.05, 4.69) is 42.6 Å². The molecule has 18 heavy (non-hydrogen) atoms. The van der Waals surface area contributed by atoms with Crippen LogP contribution < -0.4 is 5.32 Å². The van der Waals surface area contributed by atoms with Crippen LogP contribution in [0.2, 0.25) is 0 Å². The summed E-state index contributed by atoms with van der Waals surface area (Å²) in [5.41, 5.74) is 4.47. The molecule has 0 aliphatic heterocycles. The normalized spacial score (nSPS) is 14.8. The van der Waals surface area contributed by atoms with Crippen LogP contribution in [0.25, 0.3) is 0 Å². The van der Waals surface area contributed by atoms with Gasteiger partial charge in [-0.25, -0.2) is 0 Å². The molecule has 0 aromatic heterocycles. The van der Waals surface area contributed by atoms with Gasteiger partial charge < -0.3 is 5.32 Å². The molecule has 0 fully saturated rings. The Kier molecular flexibility index (Phi) is 7.07. The maximum Gasteiger partial charge on any atom is 0.0208 e. The number of aryl methyl sites for hydroxylation is 1. The molecule has 1 aliphatic carbocycles. The minimum absolute atomic E-state index is 0. The van der Waals surface area contributed by atoms with Gasteiger partial charge in [-0.3, -0.25) is 0 Å². The quantitative estimate of drug-likeness (QED) is 0.615. The van der Waals surface area contributed by atoms with E-state index in [9.17, 15) is 0 Å². The van der Waals surface area contributed by atoms with Crippen molar-refractivity contribution in [3.8, 4) is 0 Å². The Hall–Kier alpha value is -0.790. The van der Waals surface area contributed by atoms with Crippen LogP contribution in [0, 0.1) is 6.92 Å². The molecule has 0 heterocycles. The summed E-state index contributed by atoms with van der Waals surface area (Å²) in [6, 6.07) is 8.61. The lowest BCUT2D eigenvalue weighted by Gasteiger charge is -2.13. The van der Waals surface area contributed by atoms with Crippen LogP contribution in [-0.4, -0.2) is 6.54 Å². The first-order valence-electron chi connectivity index (χ1n) is 6.79. The summed E-state index contributed by atoms with van der Waals surface area (Å²) >= 11 is 0. The Morgan fingerprint density at radius 3 is 2.72 bits per heavy atom. The Morgan fingerprint density at radius 2 is 2.00 bits per heavy atom. The summed E-state index contributed by atoms with van der Waals surface area (Å²) in [5, 5.41) is 3.55. The SMILES string of the molecule is Cc1ccccc1CNCCC1=CCCCC1.Cl. The molecule has 0 amide bonds. The zero-order valence-corrected chi connectivity index (χ0v) is 12.1. The number of benzene rings is 1. The van der Waals surface area contributed by atoms with Crippen LogP contribution in [-0.2, 0) is 6.54 Å². The fourth-order valence-corrected chi connectivity index (χ4v) is 2.41. The van der Waals surface area contributed by atoms with Crippen LogP contribution in [0.4, 0.5) is 0 Å². The van der Waals surface area contributed by atoms with Crippen LogP contribution >= 0.6 is 12.4 Å². The lowest BCUT2D eigenvalue weighted by Crippen LogP contribution is -2.16. The molecule has 0 unspecified atom stereocenters. The van der Waals surface area contributed by atoms with Crippen molar-refractivity contribution in [3.05, 3.63) is 47.0 Å². The highest BCUT2D eigenvalue weighted by molar-refractivity contribution is 5.85. The first kappa shape index (κ1) is 15.3. The van der Waals surface area contributed by atoms with E-state index in [1.54, 1.807) is 5.57 Å². The van der Waals surface area contributed by atoms with E-state index in [-0.39, 0.29) is 12.4 Å². The number of halogens is 1. The third-order valence-electron chi connectivity index (χ3n) is 3.58. The smallest absolute Gasteiger partial charge is 0.0208 e. The van der Waals surface area contributed by atoms with Gasteiger partial charge in [-0.2, -0.15) is 0 Å². The van der Waals surface area contributed by atoms with Crippen molar-refractivity contribution in [2.75, 3.05) is 6.54 Å². The second kappa shape index (κ2) is 8.34. The highest BCUT2D eigenvalue weighted by Gasteiger charge is 2.03. The van der Waals surface area contributed by atoms with E-state index in [1.165, 1.54) is 43.2 Å². The number of hydrogen-bond donors (Lipinski definition) is 1. The number of nitrogens with one attached hydrogen (secondary N) is 1. The molecule has 1 aromatic carbocycles. The van der Waals surface area contributed by atoms with Gasteiger partial charge in [0, 0.05) is 6.54 Å². The van der Waals surface area contributed by atoms with Crippen LogP contribution in [0.3, 0.4) is 0 Å². The summed E-state index contributed by atoms with van der Waals surface area (Å²) in [7, 11) is 0. The van der Waals surface area contributed by atoms with Crippen molar-refractivity contribution in [3.63, 3.8) is 0 Å². The van der Waals surface area contributed by atoms with E-state index in [4.69, 9.17) is 0 Å². The van der Waals surface area contributed by atoms with Gasteiger partial charge in [0.05, 0.1) is 0 Å². The van der Waals surface area contributed by atoms with E-state index in [1.807, 2.05) is 0 Å². The molecule has 0 spiro atoms. The second-order valence-corrected chi connectivity index (χ2v) is 4.96. The van der Waals surface area contributed by atoms with Crippen LogP contribution in [0.15, 0.2) is 35.9 Å². The Labute approximate surface area is 117 Å². The van der Waals surface area contributed by atoms with Gasteiger partial charge in [-0.1, -0.05) is 35.9 Å². The van der Waals surface area contributed by atoms with E-state index in [0.717, 1.165) is 13.1 Å². The maximum atomic E-state index is 3.55. The van der Waals surface area contributed by atoms with Gasteiger partial charge in [-0.15, -0.1) is 12.4 Å². The summed E-state index contributed by atoms with van der Waals surface area (Å²) in [5.74, 6) is 0. The van der Waals surface area contributed by atoms with E-state index < -0.39 is 0 Å².